The fourth-order valence-electron chi connectivity index (χ4n) is 2.60. The SMILES string of the molecule is C=CC(=O)OCC(F)(F)C(F)(F)C(F)(F)COc1ccc2cc(-c3cccnc3)oc2c1. The second kappa shape index (κ2) is 8.56. The number of benzene rings is 1. The van der Waals surface area contributed by atoms with Gasteiger partial charge in [0.25, 0.3) is 0 Å². The third-order valence-electron chi connectivity index (χ3n) is 4.34. The van der Waals surface area contributed by atoms with Gasteiger partial charge in [-0.15, -0.1) is 0 Å². The maximum atomic E-state index is 14.0. The van der Waals surface area contributed by atoms with Gasteiger partial charge in [-0.2, -0.15) is 26.3 Å². The van der Waals surface area contributed by atoms with E-state index in [9.17, 15) is 31.1 Å². The molecule has 3 aromatic rings. The Kier molecular flexibility index (Phi) is 6.20. The number of carbonyl (C=O) groups is 1. The molecule has 0 aliphatic heterocycles. The molecule has 0 unspecified atom stereocenters. The van der Waals surface area contributed by atoms with Crippen molar-refractivity contribution >= 4 is 16.9 Å². The van der Waals surface area contributed by atoms with Crippen LogP contribution in [-0.4, -0.2) is 41.9 Å². The van der Waals surface area contributed by atoms with Gasteiger partial charge >= 0.3 is 23.7 Å². The summed E-state index contributed by atoms with van der Waals surface area (Å²) in [5, 5.41) is 0.559. The second-order valence-corrected chi connectivity index (χ2v) is 6.64. The fourth-order valence-corrected chi connectivity index (χ4v) is 2.60. The van der Waals surface area contributed by atoms with E-state index < -0.39 is 37.0 Å². The van der Waals surface area contributed by atoms with E-state index in [1.807, 2.05) is 0 Å². The summed E-state index contributed by atoms with van der Waals surface area (Å²) in [6.45, 7) is -1.43. The minimum absolute atomic E-state index is 0.193. The molecule has 3 rings (SSSR count). The molecule has 32 heavy (non-hydrogen) atoms. The van der Waals surface area contributed by atoms with E-state index in [-0.39, 0.29) is 11.3 Å². The van der Waals surface area contributed by atoms with E-state index in [0.717, 1.165) is 6.07 Å². The van der Waals surface area contributed by atoms with Gasteiger partial charge in [-0.1, -0.05) is 6.58 Å². The normalized spacial score (nSPS) is 12.6. The first-order valence-electron chi connectivity index (χ1n) is 8.96. The number of esters is 1. The number of hydrogen-bond donors (Lipinski definition) is 0. The highest BCUT2D eigenvalue weighted by Crippen LogP contribution is 2.46. The fraction of sp³-hybridized carbons (Fsp3) is 0.238. The topological polar surface area (TPSA) is 61.6 Å². The van der Waals surface area contributed by atoms with Crippen molar-refractivity contribution in [1.29, 1.82) is 0 Å². The van der Waals surface area contributed by atoms with Crippen molar-refractivity contribution in [1.82, 2.24) is 4.98 Å². The quantitative estimate of drug-likeness (QED) is 0.240. The van der Waals surface area contributed by atoms with Crippen LogP contribution in [0.4, 0.5) is 26.3 Å². The Morgan fingerprint density at radius 2 is 1.78 bits per heavy atom. The number of pyridine rings is 1. The molecule has 0 saturated heterocycles. The molecule has 0 amide bonds. The van der Waals surface area contributed by atoms with Crippen LogP contribution in [0.3, 0.4) is 0 Å². The first kappa shape index (κ1) is 23.2. The summed E-state index contributed by atoms with van der Waals surface area (Å²) < 4.78 is 97.1. The van der Waals surface area contributed by atoms with Gasteiger partial charge in [0.2, 0.25) is 0 Å². The molecule has 0 atom stereocenters. The number of aromatic nitrogens is 1. The number of ether oxygens (including phenoxy) is 2. The standard InChI is InChI=1S/C21H15F6NO4/c1-2-18(29)31-12-20(24,25)21(26,27)19(22,23)11-30-15-6-5-13-8-16(32-17(13)9-15)14-4-3-7-28-10-14/h2-10H,1,11-12H2. The van der Waals surface area contributed by atoms with Crippen LogP contribution in [0.5, 0.6) is 5.75 Å². The maximum Gasteiger partial charge on any atom is 0.378 e. The van der Waals surface area contributed by atoms with E-state index in [1.54, 1.807) is 24.4 Å². The number of carbonyl (C=O) groups excluding carboxylic acids is 1. The molecule has 0 N–H and O–H groups in total. The first-order chi connectivity index (χ1) is 15.0. The van der Waals surface area contributed by atoms with E-state index in [0.29, 0.717) is 22.8 Å². The molecular formula is C21H15F6NO4. The van der Waals surface area contributed by atoms with Crippen LogP contribution in [0.2, 0.25) is 0 Å². The Balaban J connectivity index is 1.74. The Morgan fingerprint density at radius 3 is 2.44 bits per heavy atom. The van der Waals surface area contributed by atoms with Gasteiger partial charge in [0.1, 0.15) is 17.1 Å². The van der Waals surface area contributed by atoms with Crippen LogP contribution in [-0.2, 0) is 9.53 Å². The zero-order valence-electron chi connectivity index (χ0n) is 16.2. The van der Waals surface area contributed by atoms with E-state index in [2.05, 4.69) is 21.0 Å². The summed E-state index contributed by atoms with van der Waals surface area (Å²) in [7, 11) is 0. The van der Waals surface area contributed by atoms with Gasteiger partial charge in [0, 0.05) is 35.5 Å². The zero-order chi connectivity index (χ0) is 23.6. The number of hydrogen-bond acceptors (Lipinski definition) is 5. The number of rotatable bonds is 9. The number of furan rings is 1. The smallest absolute Gasteiger partial charge is 0.378 e. The molecule has 0 spiro atoms. The Bertz CT molecular complexity index is 1110. The number of nitrogens with zero attached hydrogens (tertiary/aromatic N) is 1. The molecule has 0 radical (unpaired) electrons. The lowest BCUT2D eigenvalue weighted by Gasteiger charge is -2.32. The van der Waals surface area contributed by atoms with Crippen LogP contribution in [0.1, 0.15) is 0 Å². The molecule has 0 saturated carbocycles. The highest BCUT2D eigenvalue weighted by atomic mass is 19.3. The van der Waals surface area contributed by atoms with Crippen molar-refractivity contribution in [2.45, 2.75) is 17.8 Å². The summed E-state index contributed by atoms with van der Waals surface area (Å²) in [5.74, 6) is -17.9. The van der Waals surface area contributed by atoms with Gasteiger partial charge in [-0.25, -0.2) is 4.79 Å². The van der Waals surface area contributed by atoms with Gasteiger partial charge in [-0.3, -0.25) is 4.98 Å². The molecule has 5 nitrogen and oxygen atoms in total. The van der Waals surface area contributed by atoms with Gasteiger partial charge in [-0.05, 0) is 30.3 Å². The summed E-state index contributed by atoms with van der Waals surface area (Å²) in [5.41, 5.74) is 0.829. The minimum atomic E-state index is -5.87. The van der Waals surface area contributed by atoms with Gasteiger partial charge in [0.15, 0.2) is 13.2 Å². The number of alkyl halides is 6. The highest BCUT2D eigenvalue weighted by molar-refractivity contribution is 5.83. The third-order valence-corrected chi connectivity index (χ3v) is 4.34. The summed E-state index contributed by atoms with van der Waals surface area (Å²) >= 11 is 0. The summed E-state index contributed by atoms with van der Waals surface area (Å²) in [4.78, 5) is 14.7. The monoisotopic (exact) mass is 459 g/mol. The maximum absolute atomic E-state index is 14.0. The Morgan fingerprint density at radius 1 is 1.06 bits per heavy atom. The van der Waals surface area contributed by atoms with Crippen LogP contribution in [0.15, 0.2) is 65.9 Å². The predicted octanol–water partition coefficient (Wildman–Crippen LogP) is 5.51. The summed E-state index contributed by atoms with van der Waals surface area (Å²) in [6, 6.07) is 8.82. The molecule has 0 aliphatic carbocycles. The molecule has 170 valence electrons. The van der Waals surface area contributed by atoms with Crippen molar-refractivity contribution in [3.8, 4) is 17.1 Å². The number of halogens is 6. The van der Waals surface area contributed by atoms with Crippen LogP contribution in [0.25, 0.3) is 22.3 Å². The lowest BCUT2D eigenvalue weighted by atomic mass is 10.1. The molecule has 0 bridgehead atoms. The van der Waals surface area contributed by atoms with E-state index in [4.69, 9.17) is 4.42 Å². The highest BCUT2D eigenvalue weighted by Gasteiger charge is 2.72. The number of fused-ring (bicyclic) bond motifs is 1. The predicted molar refractivity (Wildman–Crippen MR) is 101 cm³/mol. The van der Waals surface area contributed by atoms with Crippen LogP contribution >= 0.6 is 0 Å². The minimum Gasteiger partial charge on any atom is -0.487 e. The average Bonchev–Trinajstić information content (AvgIpc) is 3.20. The molecular weight excluding hydrogens is 444 g/mol. The molecule has 0 aliphatic rings. The molecule has 0 fully saturated rings. The largest absolute Gasteiger partial charge is 0.487 e. The van der Waals surface area contributed by atoms with Gasteiger partial charge < -0.3 is 13.9 Å². The van der Waals surface area contributed by atoms with Gasteiger partial charge in [0.05, 0.1) is 0 Å². The first-order valence-corrected chi connectivity index (χ1v) is 8.96. The Labute approximate surface area is 177 Å². The van der Waals surface area contributed by atoms with Crippen molar-refractivity contribution in [2.24, 2.45) is 0 Å². The lowest BCUT2D eigenvalue weighted by Crippen LogP contribution is -2.58. The van der Waals surface area contributed by atoms with Crippen LogP contribution < -0.4 is 4.74 Å². The third kappa shape index (κ3) is 4.56. The lowest BCUT2D eigenvalue weighted by molar-refractivity contribution is -0.322. The second-order valence-electron chi connectivity index (χ2n) is 6.64. The van der Waals surface area contributed by atoms with Crippen molar-refractivity contribution in [2.75, 3.05) is 13.2 Å². The summed E-state index contributed by atoms with van der Waals surface area (Å²) in [6.07, 6.45) is 3.52. The molecule has 2 aromatic heterocycles. The Hall–Kier alpha value is -3.50. The average molecular weight is 459 g/mol. The van der Waals surface area contributed by atoms with Crippen molar-refractivity contribution in [3.05, 3.63) is 61.4 Å². The van der Waals surface area contributed by atoms with Crippen LogP contribution in [0, 0.1) is 0 Å². The van der Waals surface area contributed by atoms with E-state index in [1.165, 1.54) is 18.3 Å². The van der Waals surface area contributed by atoms with Crippen molar-refractivity contribution < 1.29 is 45.0 Å². The van der Waals surface area contributed by atoms with E-state index >= 15 is 0 Å². The van der Waals surface area contributed by atoms with Crippen molar-refractivity contribution in [3.63, 3.8) is 0 Å². The molecule has 11 heteroatoms. The zero-order valence-corrected chi connectivity index (χ0v) is 16.2. The molecule has 1 aromatic carbocycles. The molecule has 2 heterocycles.